The lowest BCUT2D eigenvalue weighted by atomic mass is 9.77. The summed E-state index contributed by atoms with van der Waals surface area (Å²) in [6.45, 7) is 1.88. The van der Waals surface area contributed by atoms with Gasteiger partial charge in [0, 0.05) is 6.20 Å². The zero-order chi connectivity index (χ0) is 9.14. The van der Waals surface area contributed by atoms with E-state index in [0.717, 1.165) is 0 Å². The number of pyridine rings is 1. The average Bonchev–Trinajstić information content (AvgIpc) is 2.03. The van der Waals surface area contributed by atoms with Crippen molar-refractivity contribution in [2.24, 2.45) is 0 Å². The van der Waals surface area contributed by atoms with Crippen LogP contribution in [0.15, 0.2) is 12.3 Å². The Labute approximate surface area is 76.2 Å². The van der Waals surface area contributed by atoms with Crippen LogP contribution in [0.5, 0.6) is 0 Å². The fourth-order valence-corrected chi connectivity index (χ4v) is 1.37. The fourth-order valence-electron chi connectivity index (χ4n) is 1.07. The van der Waals surface area contributed by atoms with Crippen LogP contribution in [0.3, 0.4) is 0 Å². The molecule has 0 aromatic carbocycles. The maximum Gasteiger partial charge on any atom is 0.488 e. The van der Waals surface area contributed by atoms with Crippen LogP contribution in [0.4, 0.5) is 0 Å². The lowest BCUT2D eigenvalue weighted by Crippen LogP contribution is -2.33. The normalized spacial score (nSPS) is 10.0. The van der Waals surface area contributed by atoms with Gasteiger partial charge >= 0.3 is 7.12 Å². The van der Waals surface area contributed by atoms with Crippen LogP contribution in [0.2, 0.25) is 5.15 Å². The molecule has 0 amide bonds. The van der Waals surface area contributed by atoms with E-state index in [2.05, 4.69) is 4.98 Å². The summed E-state index contributed by atoms with van der Waals surface area (Å²) in [6, 6.07) is 1.55. The Balaban J connectivity index is 3.18. The van der Waals surface area contributed by atoms with Crippen molar-refractivity contribution >= 4 is 24.2 Å². The molecule has 0 atom stereocenters. The Kier molecular flexibility index (Phi) is 3.09. The zero-order valence-electron chi connectivity index (χ0n) is 6.66. The molecule has 1 aromatic rings. The number of halogens is 1. The molecule has 1 rings (SSSR count). The standard InChI is InChI=1S/C7H9BClNO2/c1-2-5-6(8(11)12)3-4-10-7(5)9/h3-4,11-12H,2H2,1H3. The molecule has 0 aliphatic carbocycles. The van der Waals surface area contributed by atoms with Crippen molar-refractivity contribution in [2.45, 2.75) is 13.3 Å². The molecule has 0 spiro atoms. The molecule has 1 aromatic heterocycles. The van der Waals surface area contributed by atoms with Crippen LogP contribution in [-0.4, -0.2) is 22.2 Å². The highest BCUT2D eigenvalue weighted by Gasteiger charge is 2.16. The molecule has 12 heavy (non-hydrogen) atoms. The van der Waals surface area contributed by atoms with Gasteiger partial charge in [-0.2, -0.15) is 0 Å². The van der Waals surface area contributed by atoms with Gasteiger partial charge in [-0.15, -0.1) is 0 Å². The molecule has 0 saturated carbocycles. The summed E-state index contributed by atoms with van der Waals surface area (Å²) >= 11 is 5.74. The number of nitrogens with zero attached hydrogens (tertiary/aromatic N) is 1. The van der Waals surface area contributed by atoms with Gasteiger partial charge in [0.25, 0.3) is 0 Å². The van der Waals surface area contributed by atoms with Gasteiger partial charge < -0.3 is 10.0 Å². The lowest BCUT2D eigenvalue weighted by Gasteiger charge is -2.06. The monoisotopic (exact) mass is 185 g/mol. The van der Waals surface area contributed by atoms with Crippen LogP contribution in [0.25, 0.3) is 0 Å². The molecule has 0 bridgehead atoms. The van der Waals surface area contributed by atoms with Crippen molar-refractivity contribution in [3.8, 4) is 0 Å². The van der Waals surface area contributed by atoms with Gasteiger partial charge in [0.1, 0.15) is 5.15 Å². The fraction of sp³-hybridized carbons (Fsp3) is 0.286. The second-order valence-corrected chi connectivity index (χ2v) is 2.75. The molecular weight excluding hydrogens is 176 g/mol. The predicted octanol–water partition coefficient (Wildman–Crippen LogP) is -0.0228. The lowest BCUT2D eigenvalue weighted by molar-refractivity contribution is 0.425. The molecular formula is C7H9BClNO2. The Hall–Kier alpha value is -0.575. The van der Waals surface area contributed by atoms with E-state index >= 15 is 0 Å². The van der Waals surface area contributed by atoms with Gasteiger partial charge in [0.2, 0.25) is 0 Å². The third-order valence-electron chi connectivity index (χ3n) is 1.67. The molecule has 0 fully saturated rings. The maximum atomic E-state index is 8.93. The quantitative estimate of drug-likeness (QED) is 0.503. The highest BCUT2D eigenvalue weighted by molar-refractivity contribution is 6.59. The van der Waals surface area contributed by atoms with Crippen LogP contribution in [0, 0.1) is 0 Å². The second-order valence-electron chi connectivity index (χ2n) is 2.40. The van der Waals surface area contributed by atoms with E-state index in [-0.39, 0.29) is 0 Å². The molecule has 0 aliphatic heterocycles. The van der Waals surface area contributed by atoms with Gasteiger partial charge in [-0.1, -0.05) is 18.5 Å². The van der Waals surface area contributed by atoms with Crippen molar-refractivity contribution in [1.29, 1.82) is 0 Å². The SMILES string of the molecule is CCc1c(B(O)O)ccnc1Cl. The van der Waals surface area contributed by atoms with E-state index in [1.54, 1.807) is 6.07 Å². The second kappa shape index (κ2) is 3.89. The minimum absolute atomic E-state index is 0.336. The van der Waals surface area contributed by atoms with E-state index in [9.17, 15) is 0 Å². The molecule has 0 unspecified atom stereocenters. The zero-order valence-corrected chi connectivity index (χ0v) is 7.41. The summed E-state index contributed by atoms with van der Waals surface area (Å²) in [5, 5.41) is 18.2. The van der Waals surface area contributed by atoms with Gasteiger partial charge in [0.05, 0.1) is 0 Å². The van der Waals surface area contributed by atoms with Crippen molar-refractivity contribution in [3.05, 3.63) is 23.0 Å². The molecule has 5 heteroatoms. The van der Waals surface area contributed by atoms with E-state index in [4.69, 9.17) is 21.6 Å². The Bertz CT molecular complexity index is 280. The highest BCUT2D eigenvalue weighted by Crippen LogP contribution is 2.10. The van der Waals surface area contributed by atoms with E-state index in [1.165, 1.54) is 6.20 Å². The van der Waals surface area contributed by atoms with Gasteiger partial charge in [0.15, 0.2) is 0 Å². The smallest absolute Gasteiger partial charge is 0.423 e. The van der Waals surface area contributed by atoms with Crippen LogP contribution < -0.4 is 5.46 Å². The first-order valence-electron chi connectivity index (χ1n) is 3.66. The van der Waals surface area contributed by atoms with E-state index < -0.39 is 7.12 Å². The van der Waals surface area contributed by atoms with Crippen molar-refractivity contribution in [2.75, 3.05) is 0 Å². The van der Waals surface area contributed by atoms with Gasteiger partial charge in [-0.05, 0) is 23.5 Å². The number of aromatic nitrogens is 1. The molecule has 0 aliphatic rings. The van der Waals surface area contributed by atoms with Gasteiger partial charge in [-0.25, -0.2) is 4.98 Å². The summed E-state index contributed by atoms with van der Waals surface area (Å²) in [5.41, 5.74) is 1.12. The number of rotatable bonds is 2. The minimum atomic E-state index is -1.47. The molecule has 1 heterocycles. The predicted molar refractivity (Wildman–Crippen MR) is 48.5 cm³/mol. The van der Waals surface area contributed by atoms with Crippen molar-refractivity contribution in [1.82, 2.24) is 4.98 Å². The van der Waals surface area contributed by atoms with E-state index in [1.807, 2.05) is 6.92 Å². The molecule has 0 radical (unpaired) electrons. The first kappa shape index (κ1) is 9.51. The average molecular weight is 185 g/mol. The minimum Gasteiger partial charge on any atom is -0.423 e. The Morgan fingerprint density at radius 3 is 2.67 bits per heavy atom. The highest BCUT2D eigenvalue weighted by atomic mass is 35.5. The van der Waals surface area contributed by atoms with Crippen LogP contribution >= 0.6 is 11.6 Å². The van der Waals surface area contributed by atoms with Crippen LogP contribution in [-0.2, 0) is 6.42 Å². The first-order chi connectivity index (χ1) is 5.66. The summed E-state index contributed by atoms with van der Waals surface area (Å²) in [7, 11) is -1.47. The first-order valence-corrected chi connectivity index (χ1v) is 4.04. The number of hydrogen-bond acceptors (Lipinski definition) is 3. The molecule has 64 valence electrons. The van der Waals surface area contributed by atoms with Crippen molar-refractivity contribution in [3.63, 3.8) is 0 Å². The maximum absolute atomic E-state index is 8.93. The third kappa shape index (κ3) is 1.77. The summed E-state index contributed by atoms with van der Waals surface area (Å²) < 4.78 is 0. The van der Waals surface area contributed by atoms with E-state index in [0.29, 0.717) is 22.6 Å². The van der Waals surface area contributed by atoms with Gasteiger partial charge in [-0.3, -0.25) is 0 Å². The Morgan fingerprint density at radius 1 is 1.58 bits per heavy atom. The van der Waals surface area contributed by atoms with Crippen molar-refractivity contribution < 1.29 is 10.0 Å². The summed E-state index contributed by atoms with van der Waals surface area (Å²) in [6.07, 6.45) is 2.09. The summed E-state index contributed by atoms with van der Waals surface area (Å²) in [4.78, 5) is 3.84. The summed E-state index contributed by atoms with van der Waals surface area (Å²) in [5.74, 6) is 0. The largest absolute Gasteiger partial charge is 0.488 e. The van der Waals surface area contributed by atoms with Crippen LogP contribution in [0.1, 0.15) is 12.5 Å². The molecule has 0 saturated heterocycles. The Morgan fingerprint density at radius 2 is 2.25 bits per heavy atom. The molecule has 2 N–H and O–H groups in total. The molecule has 3 nitrogen and oxygen atoms in total. The topological polar surface area (TPSA) is 53.4 Å². The third-order valence-corrected chi connectivity index (χ3v) is 2.00. The number of hydrogen-bond donors (Lipinski definition) is 2.